The van der Waals surface area contributed by atoms with Crippen molar-refractivity contribution in [3.8, 4) is 5.75 Å². The highest BCUT2D eigenvalue weighted by Gasteiger charge is 2.11. The highest BCUT2D eigenvalue weighted by Crippen LogP contribution is 2.25. The molecule has 122 valence electrons. The Kier molecular flexibility index (Phi) is 4.83. The molecule has 0 N–H and O–H groups in total. The third-order valence-electron chi connectivity index (χ3n) is 3.50. The first kappa shape index (κ1) is 16.5. The van der Waals surface area contributed by atoms with Crippen LogP contribution in [0.2, 0.25) is 5.02 Å². The van der Waals surface area contributed by atoms with Gasteiger partial charge in [-0.1, -0.05) is 35.1 Å². The van der Waals surface area contributed by atoms with Gasteiger partial charge in [-0.05, 0) is 36.4 Å². The van der Waals surface area contributed by atoms with Gasteiger partial charge in [0.25, 0.3) is 5.91 Å². The number of carbonyl (C=O) groups excluding carboxylic acids is 1. The number of amides is 1. The number of carbonyl (C=O) groups is 1. The first-order chi connectivity index (χ1) is 11.6. The summed E-state index contributed by atoms with van der Waals surface area (Å²) in [6, 6.07) is 12.5. The van der Waals surface area contributed by atoms with E-state index in [0.717, 1.165) is 10.2 Å². The molecule has 3 rings (SSSR count). The number of halogens is 1. The molecule has 0 aliphatic heterocycles. The van der Waals surface area contributed by atoms with Crippen molar-refractivity contribution < 1.29 is 9.53 Å². The minimum atomic E-state index is -0.307. The third-order valence-corrected chi connectivity index (χ3v) is 4.85. The zero-order valence-electron chi connectivity index (χ0n) is 13.0. The van der Waals surface area contributed by atoms with E-state index in [1.54, 1.807) is 37.5 Å². The second-order valence-corrected chi connectivity index (χ2v) is 6.43. The number of nitrogens with zero attached hydrogens (tertiary/aromatic N) is 2. The van der Waals surface area contributed by atoms with Gasteiger partial charge in [0, 0.05) is 12.1 Å². The second-order valence-electron chi connectivity index (χ2n) is 5.02. The van der Waals surface area contributed by atoms with Crippen molar-refractivity contribution in [2.45, 2.75) is 6.54 Å². The standard InChI is InChI=1S/C18H15ClN2O2S/c1-3-11-21-16-14(19)5-4-6-15(16)24-18(21)20-17(22)12-7-9-13(23-2)10-8-12/h3-10H,1,11H2,2H3. The van der Waals surface area contributed by atoms with E-state index in [0.29, 0.717) is 27.7 Å². The Morgan fingerprint density at radius 1 is 1.33 bits per heavy atom. The van der Waals surface area contributed by atoms with Crippen LogP contribution in [0.4, 0.5) is 0 Å². The average Bonchev–Trinajstić information content (AvgIpc) is 2.94. The molecule has 0 aliphatic carbocycles. The number of allylic oxidation sites excluding steroid dienone is 1. The van der Waals surface area contributed by atoms with E-state index in [2.05, 4.69) is 11.6 Å². The van der Waals surface area contributed by atoms with E-state index < -0.39 is 0 Å². The van der Waals surface area contributed by atoms with Gasteiger partial charge in [-0.2, -0.15) is 4.99 Å². The molecule has 1 amide bonds. The lowest BCUT2D eigenvalue weighted by Crippen LogP contribution is -2.16. The van der Waals surface area contributed by atoms with E-state index in [-0.39, 0.29) is 5.91 Å². The first-order valence-corrected chi connectivity index (χ1v) is 8.45. The number of ether oxygens (including phenoxy) is 1. The Balaban J connectivity index is 2.11. The van der Waals surface area contributed by atoms with Crippen LogP contribution < -0.4 is 9.54 Å². The van der Waals surface area contributed by atoms with Crippen molar-refractivity contribution in [2.24, 2.45) is 4.99 Å². The summed E-state index contributed by atoms with van der Waals surface area (Å²) >= 11 is 7.74. The Hall–Kier alpha value is -2.37. The molecule has 0 bridgehead atoms. The fourth-order valence-electron chi connectivity index (χ4n) is 2.36. The first-order valence-electron chi connectivity index (χ1n) is 7.26. The summed E-state index contributed by atoms with van der Waals surface area (Å²) in [5, 5.41) is 0.629. The fourth-order valence-corrected chi connectivity index (χ4v) is 3.75. The van der Waals surface area contributed by atoms with Crippen LogP contribution in [-0.4, -0.2) is 17.6 Å². The van der Waals surface area contributed by atoms with Crippen LogP contribution in [0.1, 0.15) is 10.4 Å². The number of para-hydroxylation sites is 1. The number of hydrogen-bond donors (Lipinski definition) is 0. The van der Waals surface area contributed by atoms with E-state index in [9.17, 15) is 4.79 Å². The molecule has 1 aromatic heterocycles. The molecule has 2 aromatic carbocycles. The van der Waals surface area contributed by atoms with Crippen LogP contribution in [0, 0.1) is 0 Å². The minimum Gasteiger partial charge on any atom is -0.497 e. The second kappa shape index (κ2) is 7.03. The van der Waals surface area contributed by atoms with E-state index >= 15 is 0 Å². The molecule has 0 radical (unpaired) electrons. The maximum Gasteiger partial charge on any atom is 0.279 e. The van der Waals surface area contributed by atoms with Gasteiger partial charge >= 0.3 is 0 Å². The number of fused-ring (bicyclic) bond motifs is 1. The molecule has 0 spiro atoms. The normalized spacial score (nSPS) is 11.7. The SMILES string of the molecule is C=CCn1c(=NC(=O)c2ccc(OC)cc2)sc2cccc(Cl)c21. The van der Waals surface area contributed by atoms with Crippen molar-refractivity contribution in [2.75, 3.05) is 7.11 Å². The van der Waals surface area contributed by atoms with Gasteiger partial charge in [0.05, 0.1) is 22.3 Å². The van der Waals surface area contributed by atoms with Crippen molar-refractivity contribution in [3.05, 3.63) is 70.5 Å². The molecule has 1 heterocycles. The fraction of sp³-hybridized carbons (Fsp3) is 0.111. The lowest BCUT2D eigenvalue weighted by molar-refractivity contribution is 0.0998. The van der Waals surface area contributed by atoms with Crippen molar-refractivity contribution in [1.29, 1.82) is 0 Å². The Labute approximate surface area is 148 Å². The molecule has 0 atom stereocenters. The van der Waals surface area contributed by atoms with Gasteiger partial charge in [-0.15, -0.1) is 6.58 Å². The number of rotatable bonds is 4. The summed E-state index contributed by atoms with van der Waals surface area (Å²) in [6.07, 6.45) is 1.76. The topological polar surface area (TPSA) is 43.6 Å². The molecule has 0 saturated carbocycles. The zero-order valence-corrected chi connectivity index (χ0v) is 14.6. The largest absolute Gasteiger partial charge is 0.497 e. The van der Waals surface area contributed by atoms with Gasteiger partial charge in [-0.25, -0.2) is 0 Å². The van der Waals surface area contributed by atoms with Crippen LogP contribution >= 0.6 is 22.9 Å². The molecule has 3 aromatic rings. The number of aromatic nitrogens is 1. The number of benzene rings is 2. The molecule has 24 heavy (non-hydrogen) atoms. The predicted octanol–water partition coefficient (Wildman–Crippen LogP) is 4.29. The maximum atomic E-state index is 12.5. The van der Waals surface area contributed by atoms with Crippen LogP contribution in [0.3, 0.4) is 0 Å². The predicted molar refractivity (Wildman–Crippen MR) is 97.9 cm³/mol. The van der Waals surface area contributed by atoms with Crippen molar-refractivity contribution in [1.82, 2.24) is 4.57 Å². The Morgan fingerprint density at radius 2 is 2.08 bits per heavy atom. The van der Waals surface area contributed by atoms with E-state index in [1.165, 1.54) is 11.3 Å². The summed E-state index contributed by atoms with van der Waals surface area (Å²) < 4.78 is 7.98. The summed E-state index contributed by atoms with van der Waals surface area (Å²) in [5.41, 5.74) is 1.37. The molecule has 4 nitrogen and oxygen atoms in total. The summed E-state index contributed by atoms with van der Waals surface area (Å²) in [5.74, 6) is 0.389. The van der Waals surface area contributed by atoms with Gasteiger partial charge in [0.1, 0.15) is 5.75 Å². The summed E-state index contributed by atoms with van der Waals surface area (Å²) in [7, 11) is 1.58. The maximum absolute atomic E-state index is 12.5. The summed E-state index contributed by atoms with van der Waals surface area (Å²) in [4.78, 5) is 17.3. The van der Waals surface area contributed by atoms with Crippen molar-refractivity contribution >= 4 is 39.1 Å². The quantitative estimate of drug-likeness (QED) is 0.653. The molecule has 6 heteroatoms. The Bertz CT molecular complexity index is 971. The third kappa shape index (κ3) is 3.13. The van der Waals surface area contributed by atoms with Gasteiger partial charge < -0.3 is 9.30 Å². The Morgan fingerprint density at radius 3 is 2.75 bits per heavy atom. The molecule has 0 unspecified atom stereocenters. The molecule has 0 saturated heterocycles. The molecular weight excluding hydrogens is 344 g/mol. The number of thiazole rings is 1. The monoisotopic (exact) mass is 358 g/mol. The average molecular weight is 359 g/mol. The van der Waals surface area contributed by atoms with Crippen LogP contribution in [0.5, 0.6) is 5.75 Å². The van der Waals surface area contributed by atoms with Crippen LogP contribution in [-0.2, 0) is 6.54 Å². The number of methoxy groups -OCH3 is 1. The molecule has 0 aliphatic rings. The highest BCUT2D eigenvalue weighted by molar-refractivity contribution is 7.16. The van der Waals surface area contributed by atoms with E-state index in [4.69, 9.17) is 16.3 Å². The smallest absolute Gasteiger partial charge is 0.279 e. The van der Waals surface area contributed by atoms with Crippen molar-refractivity contribution in [3.63, 3.8) is 0 Å². The van der Waals surface area contributed by atoms with Gasteiger partial charge in [0.15, 0.2) is 4.80 Å². The summed E-state index contributed by atoms with van der Waals surface area (Å²) in [6.45, 7) is 4.30. The molecule has 0 fully saturated rings. The van der Waals surface area contributed by atoms with Crippen LogP contribution in [0.15, 0.2) is 60.1 Å². The number of hydrogen-bond acceptors (Lipinski definition) is 3. The zero-order chi connectivity index (χ0) is 17.1. The van der Waals surface area contributed by atoms with Gasteiger partial charge in [0.2, 0.25) is 0 Å². The van der Waals surface area contributed by atoms with Crippen LogP contribution in [0.25, 0.3) is 10.2 Å². The lowest BCUT2D eigenvalue weighted by atomic mass is 10.2. The van der Waals surface area contributed by atoms with E-state index in [1.807, 2.05) is 22.8 Å². The molecular formula is C18H15ClN2O2S. The highest BCUT2D eigenvalue weighted by atomic mass is 35.5. The van der Waals surface area contributed by atoms with Gasteiger partial charge in [-0.3, -0.25) is 4.79 Å². The minimum absolute atomic E-state index is 0.307. The lowest BCUT2D eigenvalue weighted by Gasteiger charge is -2.03.